The molecule has 4 heteroatoms. The van der Waals surface area contributed by atoms with Crippen LogP contribution >= 0.6 is 12.4 Å². The van der Waals surface area contributed by atoms with E-state index in [1.165, 1.54) is 6.07 Å². The SMILES string of the molecule is Cc1c(F)cccc1[C@H](N)CN.Cl. The van der Waals surface area contributed by atoms with Gasteiger partial charge in [0.05, 0.1) is 0 Å². The van der Waals surface area contributed by atoms with E-state index in [0.29, 0.717) is 12.1 Å². The number of hydrogen-bond acceptors (Lipinski definition) is 2. The van der Waals surface area contributed by atoms with E-state index in [2.05, 4.69) is 0 Å². The van der Waals surface area contributed by atoms with Crippen molar-refractivity contribution < 1.29 is 4.39 Å². The van der Waals surface area contributed by atoms with Crippen LogP contribution in [0.1, 0.15) is 17.2 Å². The predicted molar refractivity (Wildman–Crippen MR) is 54.4 cm³/mol. The Labute approximate surface area is 83.5 Å². The van der Waals surface area contributed by atoms with Crippen LogP contribution in [0.25, 0.3) is 0 Å². The van der Waals surface area contributed by atoms with Gasteiger partial charge in [0, 0.05) is 12.6 Å². The van der Waals surface area contributed by atoms with Crippen LogP contribution in [0.2, 0.25) is 0 Å². The minimum Gasteiger partial charge on any atom is -0.329 e. The third kappa shape index (κ3) is 2.66. The first-order chi connectivity index (χ1) is 5.66. The summed E-state index contributed by atoms with van der Waals surface area (Å²) in [6, 6.07) is 4.60. The lowest BCUT2D eigenvalue weighted by Gasteiger charge is -2.12. The van der Waals surface area contributed by atoms with Crippen molar-refractivity contribution in [3.05, 3.63) is 35.1 Å². The Hall–Kier alpha value is -0.640. The molecule has 0 bridgehead atoms. The van der Waals surface area contributed by atoms with Gasteiger partial charge in [-0.15, -0.1) is 12.4 Å². The second kappa shape index (κ2) is 5.17. The highest BCUT2D eigenvalue weighted by Crippen LogP contribution is 2.16. The molecule has 74 valence electrons. The first-order valence-electron chi connectivity index (χ1n) is 3.87. The van der Waals surface area contributed by atoms with Crippen molar-refractivity contribution in [3.63, 3.8) is 0 Å². The second-order valence-corrected chi connectivity index (χ2v) is 2.80. The van der Waals surface area contributed by atoms with Crippen LogP contribution < -0.4 is 11.5 Å². The molecule has 0 aliphatic carbocycles. The molecule has 1 rings (SSSR count). The Kier molecular flexibility index (Phi) is 4.91. The molecule has 1 aromatic carbocycles. The van der Waals surface area contributed by atoms with E-state index in [4.69, 9.17) is 11.5 Å². The Morgan fingerprint density at radius 3 is 2.62 bits per heavy atom. The van der Waals surface area contributed by atoms with E-state index < -0.39 is 0 Å². The van der Waals surface area contributed by atoms with E-state index in [-0.39, 0.29) is 24.3 Å². The molecule has 1 aromatic rings. The summed E-state index contributed by atoms with van der Waals surface area (Å²) in [5.41, 5.74) is 12.4. The summed E-state index contributed by atoms with van der Waals surface area (Å²) in [5.74, 6) is -0.226. The van der Waals surface area contributed by atoms with Crippen molar-refractivity contribution in [2.24, 2.45) is 11.5 Å². The van der Waals surface area contributed by atoms with Crippen LogP contribution in [0.4, 0.5) is 4.39 Å². The largest absolute Gasteiger partial charge is 0.329 e. The number of benzene rings is 1. The third-order valence-corrected chi connectivity index (χ3v) is 1.96. The molecule has 0 radical (unpaired) electrons. The molecular weight excluding hydrogens is 191 g/mol. The number of rotatable bonds is 2. The fourth-order valence-electron chi connectivity index (χ4n) is 1.15. The Bertz CT molecular complexity index is 278. The molecule has 0 amide bonds. The topological polar surface area (TPSA) is 52.0 Å². The summed E-state index contributed by atoms with van der Waals surface area (Å²) in [6.07, 6.45) is 0. The molecule has 0 unspecified atom stereocenters. The van der Waals surface area contributed by atoms with Crippen molar-refractivity contribution >= 4 is 12.4 Å². The van der Waals surface area contributed by atoms with E-state index in [0.717, 1.165) is 5.56 Å². The van der Waals surface area contributed by atoms with Gasteiger partial charge < -0.3 is 11.5 Å². The van der Waals surface area contributed by atoms with Gasteiger partial charge in [-0.1, -0.05) is 12.1 Å². The van der Waals surface area contributed by atoms with Crippen LogP contribution in [0, 0.1) is 12.7 Å². The fraction of sp³-hybridized carbons (Fsp3) is 0.333. The molecule has 13 heavy (non-hydrogen) atoms. The quantitative estimate of drug-likeness (QED) is 0.768. The second-order valence-electron chi connectivity index (χ2n) is 2.80. The van der Waals surface area contributed by atoms with Crippen LogP contribution in [0.15, 0.2) is 18.2 Å². The van der Waals surface area contributed by atoms with Crippen LogP contribution in [0.5, 0.6) is 0 Å². The highest BCUT2D eigenvalue weighted by atomic mass is 35.5. The molecule has 1 atom stereocenters. The van der Waals surface area contributed by atoms with Crippen molar-refractivity contribution in [1.82, 2.24) is 0 Å². The first kappa shape index (κ1) is 12.4. The summed E-state index contributed by atoms with van der Waals surface area (Å²) in [6.45, 7) is 2.05. The van der Waals surface area contributed by atoms with Crippen LogP contribution in [-0.4, -0.2) is 6.54 Å². The molecule has 0 fully saturated rings. The Morgan fingerprint density at radius 2 is 2.08 bits per heavy atom. The average Bonchev–Trinajstić information content (AvgIpc) is 2.08. The zero-order valence-corrected chi connectivity index (χ0v) is 8.27. The summed E-state index contributed by atoms with van der Waals surface area (Å²) in [7, 11) is 0. The molecule has 0 saturated heterocycles. The number of hydrogen-bond donors (Lipinski definition) is 2. The Morgan fingerprint density at radius 1 is 1.46 bits per heavy atom. The van der Waals surface area contributed by atoms with Crippen molar-refractivity contribution in [2.75, 3.05) is 6.54 Å². The number of halogens is 2. The minimum absolute atomic E-state index is 0. The monoisotopic (exact) mass is 204 g/mol. The van der Waals surface area contributed by atoms with Gasteiger partial charge in [0.2, 0.25) is 0 Å². The summed E-state index contributed by atoms with van der Waals surface area (Å²) in [4.78, 5) is 0. The Balaban J connectivity index is 0.00000144. The van der Waals surface area contributed by atoms with Crippen molar-refractivity contribution in [1.29, 1.82) is 0 Å². The van der Waals surface area contributed by atoms with Gasteiger partial charge >= 0.3 is 0 Å². The molecule has 0 aromatic heterocycles. The normalized spacial score (nSPS) is 12.0. The minimum atomic E-state index is -0.263. The lowest BCUT2D eigenvalue weighted by atomic mass is 10.0. The lowest BCUT2D eigenvalue weighted by molar-refractivity contribution is 0.608. The summed E-state index contributed by atoms with van der Waals surface area (Å²) < 4.78 is 13.0. The predicted octanol–water partition coefficient (Wildman–Crippen LogP) is 1.51. The van der Waals surface area contributed by atoms with Gasteiger partial charge in [-0.3, -0.25) is 0 Å². The van der Waals surface area contributed by atoms with Crippen molar-refractivity contribution in [3.8, 4) is 0 Å². The molecule has 0 heterocycles. The van der Waals surface area contributed by atoms with Crippen molar-refractivity contribution in [2.45, 2.75) is 13.0 Å². The lowest BCUT2D eigenvalue weighted by Crippen LogP contribution is -2.21. The van der Waals surface area contributed by atoms with Gasteiger partial charge in [-0.05, 0) is 24.1 Å². The molecule has 0 saturated carbocycles. The van der Waals surface area contributed by atoms with E-state index in [9.17, 15) is 4.39 Å². The molecular formula is C9H14ClFN2. The van der Waals surface area contributed by atoms with Gasteiger partial charge in [-0.2, -0.15) is 0 Å². The van der Waals surface area contributed by atoms with Gasteiger partial charge in [0.25, 0.3) is 0 Å². The number of nitrogens with two attached hydrogens (primary N) is 2. The standard InChI is InChI=1S/C9H13FN2.ClH/c1-6-7(9(12)5-11)3-2-4-8(6)10;/h2-4,9H,5,11-12H2,1H3;1H/t9-;/m1./s1. The average molecular weight is 205 g/mol. The molecule has 0 aliphatic heterocycles. The highest BCUT2D eigenvalue weighted by molar-refractivity contribution is 5.85. The molecule has 2 nitrogen and oxygen atoms in total. The third-order valence-electron chi connectivity index (χ3n) is 1.96. The first-order valence-corrected chi connectivity index (χ1v) is 3.87. The zero-order valence-electron chi connectivity index (χ0n) is 7.46. The maximum atomic E-state index is 13.0. The smallest absolute Gasteiger partial charge is 0.126 e. The van der Waals surface area contributed by atoms with E-state index in [1.54, 1.807) is 19.1 Å². The van der Waals surface area contributed by atoms with E-state index in [1.807, 2.05) is 0 Å². The maximum absolute atomic E-state index is 13.0. The van der Waals surface area contributed by atoms with Gasteiger partial charge in [0.1, 0.15) is 5.82 Å². The van der Waals surface area contributed by atoms with Crippen LogP contribution in [0.3, 0.4) is 0 Å². The molecule has 0 aliphatic rings. The van der Waals surface area contributed by atoms with Crippen LogP contribution in [-0.2, 0) is 0 Å². The molecule has 0 spiro atoms. The summed E-state index contributed by atoms with van der Waals surface area (Å²) >= 11 is 0. The van der Waals surface area contributed by atoms with Gasteiger partial charge in [-0.25, -0.2) is 4.39 Å². The van der Waals surface area contributed by atoms with E-state index >= 15 is 0 Å². The maximum Gasteiger partial charge on any atom is 0.126 e. The zero-order chi connectivity index (χ0) is 9.14. The summed E-state index contributed by atoms with van der Waals surface area (Å²) in [5, 5.41) is 0. The highest BCUT2D eigenvalue weighted by Gasteiger charge is 2.08. The van der Waals surface area contributed by atoms with Gasteiger partial charge in [0.15, 0.2) is 0 Å². The molecule has 4 N–H and O–H groups in total. The fourth-order valence-corrected chi connectivity index (χ4v) is 1.15.